The van der Waals surface area contributed by atoms with E-state index >= 15 is 0 Å². The van der Waals surface area contributed by atoms with Gasteiger partial charge in [0.1, 0.15) is 0 Å². The zero-order chi connectivity index (χ0) is 12.1. The molecule has 0 bridgehead atoms. The minimum atomic E-state index is -0.181. The predicted octanol–water partition coefficient (Wildman–Crippen LogP) is 2.91. The maximum Gasteiger partial charge on any atom is 0.309 e. The molecule has 1 aromatic carbocycles. The molecular formula is C14H20O2. The fraction of sp³-hybridized carbons (Fsp3) is 0.500. The van der Waals surface area contributed by atoms with Crippen LogP contribution in [0, 0.1) is 12.8 Å². The van der Waals surface area contributed by atoms with Gasteiger partial charge in [0.15, 0.2) is 0 Å². The molecule has 0 saturated heterocycles. The first-order valence-electron chi connectivity index (χ1n) is 5.68. The Kier molecular flexibility index (Phi) is 4.53. The van der Waals surface area contributed by atoms with Crippen LogP contribution in [-0.4, -0.2) is 13.1 Å². The molecule has 0 spiro atoms. The highest BCUT2D eigenvalue weighted by molar-refractivity contribution is 5.72. The summed E-state index contributed by atoms with van der Waals surface area (Å²) in [5, 5.41) is 0. The van der Waals surface area contributed by atoms with Gasteiger partial charge in [-0.2, -0.15) is 0 Å². The summed E-state index contributed by atoms with van der Waals surface area (Å²) in [6.45, 7) is 6.46. The van der Waals surface area contributed by atoms with Crippen LogP contribution in [0.25, 0.3) is 0 Å². The largest absolute Gasteiger partial charge is 0.469 e. The lowest BCUT2D eigenvalue weighted by atomic mass is 9.97. The first kappa shape index (κ1) is 12.8. The third kappa shape index (κ3) is 3.69. The summed E-state index contributed by atoms with van der Waals surface area (Å²) in [6, 6.07) is 6.30. The Bertz CT molecular complexity index is 367. The van der Waals surface area contributed by atoms with Gasteiger partial charge in [0, 0.05) is 0 Å². The summed E-state index contributed by atoms with van der Waals surface area (Å²) in [4.78, 5) is 11.2. The van der Waals surface area contributed by atoms with Gasteiger partial charge in [0.2, 0.25) is 0 Å². The molecule has 2 nitrogen and oxygen atoms in total. The summed E-state index contributed by atoms with van der Waals surface area (Å²) < 4.78 is 4.66. The van der Waals surface area contributed by atoms with E-state index in [1.165, 1.54) is 18.2 Å². The fourth-order valence-corrected chi connectivity index (χ4v) is 1.78. The molecule has 0 atom stereocenters. The van der Waals surface area contributed by atoms with E-state index in [4.69, 9.17) is 0 Å². The molecule has 0 unspecified atom stereocenters. The Morgan fingerprint density at radius 2 is 2.06 bits per heavy atom. The third-order valence-corrected chi connectivity index (χ3v) is 2.61. The summed E-state index contributed by atoms with van der Waals surface area (Å²) in [5.74, 6) is 0.477. The van der Waals surface area contributed by atoms with E-state index in [0.29, 0.717) is 12.3 Å². The molecule has 0 aliphatic carbocycles. The van der Waals surface area contributed by atoms with Gasteiger partial charge in [-0.15, -0.1) is 0 Å². The number of aryl methyl sites for hydroxylation is 1. The summed E-state index contributed by atoms with van der Waals surface area (Å²) in [5.41, 5.74) is 3.56. The first-order chi connectivity index (χ1) is 7.52. The minimum absolute atomic E-state index is 0.181. The standard InChI is InChI=1S/C14H20O2/c1-10(2)7-12-5-6-13(11(3)8-12)9-14(15)16-4/h5-6,8,10H,7,9H2,1-4H3. The van der Waals surface area contributed by atoms with Gasteiger partial charge in [-0.25, -0.2) is 0 Å². The van der Waals surface area contributed by atoms with Crippen LogP contribution >= 0.6 is 0 Å². The SMILES string of the molecule is COC(=O)Cc1ccc(CC(C)C)cc1C. The molecule has 1 rings (SSSR count). The second-order valence-corrected chi connectivity index (χ2v) is 4.61. The number of carbonyl (C=O) groups excluding carboxylic acids is 1. The van der Waals surface area contributed by atoms with Crippen molar-refractivity contribution in [1.29, 1.82) is 0 Å². The number of hydrogen-bond donors (Lipinski definition) is 0. The molecule has 16 heavy (non-hydrogen) atoms. The van der Waals surface area contributed by atoms with E-state index in [0.717, 1.165) is 12.0 Å². The van der Waals surface area contributed by atoms with Gasteiger partial charge >= 0.3 is 5.97 Å². The van der Waals surface area contributed by atoms with Crippen molar-refractivity contribution in [3.8, 4) is 0 Å². The maximum atomic E-state index is 11.2. The molecule has 0 heterocycles. The number of carbonyl (C=O) groups is 1. The molecule has 0 radical (unpaired) electrons. The van der Waals surface area contributed by atoms with Crippen molar-refractivity contribution in [2.24, 2.45) is 5.92 Å². The van der Waals surface area contributed by atoms with Crippen molar-refractivity contribution < 1.29 is 9.53 Å². The quantitative estimate of drug-likeness (QED) is 0.729. The van der Waals surface area contributed by atoms with Crippen molar-refractivity contribution in [2.75, 3.05) is 7.11 Å². The topological polar surface area (TPSA) is 26.3 Å². The number of methoxy groups -OCH3 is 1. The molecule has 0 saturated carbocycles. The molecule has 2 heteroatoms. The van der Waals surface area contributed by atoms with E-state index < -0.39 is 0 Å². The number of benzene rings is 1. The Morgan fingerprint density at radius 1 is 1.38 bits per heavy atom. The van der Waals surface area contributed by atoms with Gasteiger partial charge in [0.25, 0.3) is 0 Å². The highest BCUT2D eigenvalue weighted by Gasteiger charge is 2.06. The summed E-state index contributed by atoms with van der Waals surface area (Å²) in [7, 11) is 1.42. The fourth-order valence-electron chi connectivity index (χ4n) is 1.78. The number of ether oxygens (including phenoxy) is 1. The molecule has 1 aromatic rings. The second-order valence-electron chi connectivity index (χ2n) is 4.61. The lowest BCUT2D eigenvalue weighted by molar-refractivity contribution is -0.139. The van der Waals surface area contributed by atoms with Gasteiger partial charge in [-0.1, -0.05) is 32.0 Å². The second kappa shape index (κ2) is 5.69. The van der Waals surface area contributed by atoms with Crippen molar-refractivity contribution in [3.63, 3.8) is 0 Å². The minimum Gasteiger partial charge on any atom is -0.469 e. The van der Waals surface area contributed by atoms with Gasteiger partial charge < -0.3 is 4.74 Å². The van der Waals surface area contributed by atoms with E-state index in [2.05, 4.69) is 30.7 Å². The van der Waals surface area contributed by atoms with Gasteiger partial charge in [0.05, 0.1) is 13.5 Å². The van der Waals surface area contributed by atoms with Crippen LogP contribution in [0.15, 0.2) is 18.2 Å². The summed E-state index contributed by atoms with van der Waals surface area (Å²) in [6.07, 6.45) is 1.45. The number of rotatable bonds is 4. The van der Waals surface area contributed by atoms with Crippen molar-refractivity contribution in [2.45, 2.75) is 33.6 Å². The lowest BCUT2D eigenvalue weighted by Crippen LogP contribution is -2.06. The Hall–Kier alpha value is -1.31. The average molecular weight is 220 g/mol. The average Bonchev–Trinajstić information content (AvgIpc) is 2.21. The Labute approximate surface area is 97.6 Å². The maximum absolute atomic E-state index is 11.2. The van der Waals surface area contributed by atoms with Gasteiger partial charge in [-0.05, 0) is 36.0 Å². The lowest BCUT2D eigenvalue weighted by Gasteiger charge is -2.09. The number of esters is 1. The van der Waals surface area contributed by atoms with Crippen molar-refractivity contribution in [1.82, 2.24) is 0 Å². The summed E-state index contributed by atoms with van der Waals surface area (Å²) >= 11 is 0. The normalized spacial score (nSPS) is 10.6. The molecular weight excluding hydrogens is 200 g/mol. The molecule has 0 aromatic heterocycles. The molecule has 0 aliphatic rings. The molecule has 0 N–H and O–H groups in total. The van der Waals surface area contributed by atoms with Gasteiger partial charge in [-0.3, -0.25) is 4.79 Å². The predicted molar refractivity (Wildman–Crippen MR) is 65.4 cm³/mol. The molecule has 0 amide bonds. The Morgan fingerprint density at radius 3 is 2.56 bits per heavy atom. The van der Waals surface area contributed by atoms with Crippen LogP contribution in [0.1, 0.15) is 30.5 Å². The van der Waals surface area contributed by atoms with Crippen LogP contribution in [0.3, 0.4) is 0 Å². The van der Waals surface area contributed by atoms with E-state index in [9.17, 15) is 4.79 Å². The van der Waals surface area contributed by atoms with E-state index in [1.54, 1.807) is 0 Å². The monoisotopic (exact) mass is 220 g/mol. The van der Waals surface area contributed by atoms with Crippen LogP contribution < -0.4 is 0 Å². The Balaban J connectivity index is 2.79. The molecule has 0 fully saturated rings. The van der Waals surface area contributed by atoms with E-state index in [1.807, 2.05) is 13.0 Å². The van der Waals surface area contributed by atoms with Crippen molar-refractivity contribution in [3.05, 3.63) is 34.9 Å². The number of hydrogen-bond acceptors (Lipinski definition) is 2. The van der Waals surface area contributed by atoms with Crippen LogP contribution in [0.5, 0.6) is 0 Å². The van der Waals surface area contributed by atoms with Crippen LogP contribution in [0.2, 0.25) is 0 Å². The zero-order valence-electron chi connectivity index (χ0n) is 10.5. The van der Waals surface area contributed by atoms with Crippen molar-refractivity contribution >= 4 is 5.97 Å². The smallest absolute Gasteiger partial charge is 0.309 e. The van der Waals surface area contributed by atoms with Crippen LogP contribution in [0.4, 0.5) is 0 Å². The van der Waals surface area contributed by atoms with E-state index in [-0.39, 0.29) is 5.97 Å². The first-order valence-corrected chi connectivity index (χ1v) is 5.68. The van der Waals surface area contributed by atoms with Crippen LogP contribution in [-0.2, 0) is 22.4 Å². The zero-order valence-corrected chi connectivity index (χ0v) is 10.5. The highest BCUT2D eigenvalue weighted by atomic mass is 16.5. The third-order valence-electron chi connectivity index (χ3n) is 2.61. The molecule has 88 valence electrons. The molecule has 0 aliphatic heterocycles. The highest BCUT2D eigenvalue weighted by Crippen LogP contribution is 2.15.